The molecule has 1 aliphatic rings. The lowest BCUT2D eigenvalue weighted by molar-refractivity contribution is 0.00254. The zero-order chi connectivity index (χ0) is 12.5. The van der Waals surface area contributed by atoms with E-state index in [9.17, 15) is 13.9 Å². The molecule has 1 saturated carbocycles. The van der Waals surface area contributed by atoms with E-state index in [0.29, 0.717) is 17.9 Å². The second-order valence-electron chi connectivity index (χ2n) is 4.77. The van der Waals surface area contributed by atoms with Crippen molar-refractivity contribution >= 4 is 11.6 Å². The van der Waals surface area contributed by atoms with Crippen molar-refractivity contribution in [3.05, 3.63) is 34.9 Å². The summed E-state index contributed by atoms with van der Waals surface area (Å²) in [7, 11) is 0. The van der Waals surface area contributed by atoms with Crippen molar-refractivity contribution in [2.45, 2.75) is 37.7 Å². The fraction of sp³-hybridized carbons (Fsp3) is 0.538. The Morgan fingerprint density at radius 3 is 2.53 bits per heavy atom. The molecule has 0 amide bonds. The molecule has 0 radical (unpaired) electrons. The Morgan fingerprint density at radius 1 is 1.35 bits per heavy atom. The summed E-state index contributed by atoms with van der Waals surface area (Å²) in [5, 5.41) is 10.6. The van der Waals surface area contributed by atoms with Crippen molar-refractivity contribution in [3.8, 4) is 0 Å². The van der Waals surface area contributed by atoms with E-state index in [-0.39, 0.29) is 18.8 Å². The molecule has 0 bridgehead atoms. The number of aliphatic hydroxyl groups excluding tert-OH is 1. The summed E-state index contributed by atoms with van der Waals surface area (Å²) in [6.07, 6.45) is 0.0727. The first-order chi connectivity index (χ1) is 7.96. The molecule has 0 spiro atoms. The Labute approximate surface area is 104 Å². The Balaban J connectivity index is 1.93. The van der Waals surface area contributed by atoms with Gasteiger partial charge in [0.05, 0.1) is 6.10 Å². The highest BCUT2D eigenvalue weighted by Gasteiger charge is 2.39. The van der Waals surface area contributed by atoms with Crippen LogP contribution in [0.3, 0.4) is 0 Å². The van der Waals surface area contributed by atoms with Gasteiger partial charge < -0.3 is 5.11 Å². The monoisotopic (exact) mass is 260 g/mol. The topological polar surface area (TPSA) is 20.2 Å². The third-order valence-corrected chi connectivity index (χ3v) is 3.57. The molecular formula is C13H15ClF2O. The molecule has 0 aliphatic heterocycles. The van der Waals surface area contributed by atoms with E-state index < -0.39 is 12.0 Å². The molecule has 1 N–H and O–H groups in total. The molecule has 0 heterocycles. The zero-order valence-corrected chi connectivity index (χ0v) is 10.1. The first-order valence-electron chi connectivity index (χ1n) is 5.78. The molecule has 2 rings (SSSR count). The van der Waals surface area contributed by atoms with Crippen molar-refractivity contribution in [1.29, 1.82) is 0 Å². The van der Waals surface area contributed by atoms with Crippen LogP contribution in [0.4, 0.5) is 8.78 Å². The number of alkyl halides is 2. The second kappa shape index (κ2) is 4.91. The number of benzene rings is 1. The minimum absolute atomic E-state index is 0.0506. The molecule has 1 fully saturated rings. The van der Waals surface area contributed by atoms with Crippen molar-refractivity contribution in [2.24, 2.45) is 5.92 Å². The quantitative estimate of drug-likeness (QED) is 0.864. The van der Waals surface area contributed by atoms with Gasteiger partial charge >= 0.3 is 0 Å². The summed E-state index contributed by atoms with van der Waals surface area (Å²) in [4.78, 5) is 0. The van der Waals surface area contributed by atoms with Crippen molar-refractivity contribution in [3.63, 3.8) is 0 Å². The molecule has 94 valence electrons. The molecule has 1 nitrogen and oxygen atoms in total. The van der Waals surface area contributed by atoms with Gasteiger partial charge in [-0.05, 0) is 36.5 Å². The lowest BCUT2D eigenvalue weighted by Gasteiger charge is -2.16. The maximum Gasteiger partial charge on any atom is 0.248 e. The normalized spacial score (nSPS) is 24.8. The van der Waals surface area contributed by atoms with E-state index in [4.69, 9.17) is 11.6 Å². The van der Waals surface area contributed by atoms with Gasteiger partial charge in [-0.15, -0.1) is 0 Å². The Morgan fingerprint density at radius 2 is 2.00 bits per heavy atom. The Hall–Kier alpha value is -0.670. The minimum Gasteiger partial charge on any atom is -0.388 e. The molecule has 2 atom stereocenters. The predicted molar refractivity (Wildman–Crippen MR) is 63.3 cm³/mol. The van der Waals surface area contributed by atoms with Gasteiger partial charge in [0.25, 0.3) is 0 Å². The van der Waals surface area contributed by atoms with E-state index in [0.717, 1.165) is 5.56 Å². The SMILES string of the molecule is OC(CC1CCC(F)(F)C1)c1ccc(Cl)cc1. The Bertz CT molecular complexity index is 378. The van der Waals surface area contributed by atoms with E-state index in [2.05, 4.69) is 0 Å². The van der Waals surface area contributed by atoms with Gasteiger partial charge in [0.15, 0.2) is 0 Å². The minimum atomic E-state index is -2.54. The summed E-state index contributed by atoms with van der Waals surface area (Å²) >= 11 is 5.74. The summed E-state index contributed by atoms with van der Waals surface area (Å²) in [5.41, 5.74) is 0.740. The van der Waals surface area contributed by atoms with E-state index in [1.54, 1.807) is 24.3 Å². The lowest BCUT2D eigenvalue weighted by Crippen LogP contribution is -2.11. The van der Waals surface area contributed by atoms with Crippen LogP contribution in [0.2, 0.25) is 5.02 Å². The summed E-state index contributed by atoms with van der Waals surface area (Å²) in [6, 6.07) is 6.87. The van der Waals surface area contributed by atoms with E-state index in [1.165, 1.54) is 0 Å². The molecule has 2 unspecified atom stereocenters. The third kappa shape index (κ3) is 3.39. The van der Waals surface area contributed by atoms with Gasteiger partial charge in [-0.1, -0.05) is 23.7 Å². The van der Waals surface area contributed by atoms with Gasteiger partial charge in [0.2, 0.25) is 5.92 Å². The standard InChI is InChI=1S/C13H15ClF2O/c14-11-3-1-10(2-4-11)12(17)7-9-5-6-13(15,16)8-9/h1-4,9,12,17H,5-8H2. The van der Waals surface area contributed by atoms with Crippen LogP contribution in [0.1, 0.15) is 37.4 Å². The van der Waals surface area contributed by atoms with Crippen LogP contribution >= 0.6 is 11.6 Å². The van der Waals surface area contributed by atoms with Crippen molar-refractivity contribution < 1.29 is 13.9 Å². The summed E-state index contributed by atoms with van der Waals surface area (Å²) < 4.78 is 26.0. The molecule has 17 heavy (non-hydrogen) atoms. The first-order valence-corrected chi connectivity index (χ1v) is 6.15. The Kier molecular flexibility index (Phi) is 3.69. The average Bonchev–Trinajstić information content (AvgIpc) is 2.59. The molecular weight excluding hydrogens is 246 g/mol. The number of halogens is 3. The second-order valence-corrected chi connectivity index (χ2v) is 5.20. The smallest absolute Gasteiger partial charge is 0.248 e. The van der Waals surface area contributed by atoms with Crippen LogP contribution in [-0.2, 0) is 0 Å². The highest BCUT2D eigenvalue weighted by atomic mass is 35.5. The summed E-state index contributed by atoms with van der Waals surface area (Å²) in [5.74, 6) is -2.62. The third-order valence-electron chi connectivity index (χ3n) is 3.32. The molecule has 0 aromatic heterocycles. The fourth-order valence-corrected chi connectivity index (χ4v) is 2.51. The van der Waals surface area contributed by atoms with E-state index in [1.807, 2.05) is 0 Å². The van der Waals surface area contributed by atoms with Gasteiger partial charge in [0, 0.05) is 17.9 Å². The van der Waals surface area contributed by atoms with Crippen LogP contribution in [0, 0.1) is 5.92 Å². The molecule has 4 heteroatoms. The number of aliphatic hydroxyl groups is 1. The first kappa shape index (κ1) is 12.8. The number of hydrogen-bond donors (Lipinski definition) is 1. The van der Waals surface area contributed by atoms with Crippen LogP contribution in [0.15, 0.2) is 24.3 Å². The van der Waals surface area contributed by atoms with Gasteiger partial charge in [-0.25, -0.2) is 8.78 Å². The van der Waals surface area contributed by atoms with Crippen LogP contribution in [0.25, 0.3) is 0 Å². The highest BCUT2D eigenvalue weighted by molar-refractivity contribution is 6.30. The molecule has 1 aliphatic carbocycles. The maximum absolute atomic E-state index is 13.0. The van der Waals surface area contributed by atoms with Crippen LogP contribution in [0.5, 0.6) is 0 Å². The summed E-state index contributed by atoms with van der Waals surface area (Å²) in [6.45, 7) is 0. The van der Waals surface area contributed by atoms with Gasteiger partial charge in [-0.2, -0.15) is 0 Å². The molecule has 1 aromatic carbocycles. The van der Waals surface area contributed by atoms with Crippen LogP contribution < -0.4 is 0 Å². The van der Waals surface area contributed by atoms with Gasteiger partial charge in [0.1, 0.15) is 0 Å². The molecule has 0 saturated heterocycles. The highest BCUT2D eigenvalue weighted by Crippen LogP contribution is 2.42. The number of hydrogen-bond acceptors (Lipinski definition) is 1. The fourth-order valence-electron chi connectivity index (χ4n) is 2.38. The van der Waals surface area contributed by atoms with E-state index >= 15 is 0 Å². The lowest BCUT2D eigenvalue weighted by atomic mass is 9.95. The van der Waals surface area contributed by atoms with Gasteiger partial charge in [-0.3, -0.25) is 0 Å². The van der Waals surface area contributed by atoms with Crippen molar-refractivity contribution in [2.75, 3.05) is 0 Å². The van der Waals surface area contributed by atoms with Crippen LogP contribution in [-0.4, -0.2) is 11.0 Å². The predicted octanol–water partition coefficient (Wildman–Crippen LogP) is 4.20. The average molecular weight is 261 g/mol. The zero-order valence-electron chi connectivity index (χ0n) is 9.37. The van der Waals surface area contributed by atoms with Crippen molar-refractivity contribution in [1.82, 2.24) is 0 Å². The maximum atomic E-state index is 13.0. The molecule has 1 aromatic rings. The largest absolute Gasteiger partial charge is 0.388 e. The number of rotatable bonds is 3.